The predicted octanol–water partition coefficient (Wildman–Crippen LogP) is 0.109. The molecular formula is C14H22N4O3. The molecule has 7 nitrogen and oxygen atoms in total. The molecule has 0 spiro atoms. The van der Waals surface area contributed by atoms with Crippen LogP contribution in [0.25, 0.3) is 0 Å². The molecule has 1 atom stereocenters. The Bertz CT molecular complexity index is 512. The quantitative estimate of drug-likeness (QED) is 0.834. The number of aromatic nitrogens is 2. The minimum absolute atomic E-state index is 0.0430. The number of rotatable bonds is 5. The van der Waals surface area contributed by atoms with Gasteiger partial charge < -0.3 is 15.4 Å². The molecule has 1 aliphatic rings. The number of hydrogen-bond donors (Lipinski definition) is 1. The van der Waals surface area contributed by atoms with Crippen molar-refractivity contribution in [2.75, 3.05) is 19.8 Å². The highest BCUT2D eigenvalue weighted by Gasteiger charge is 2.28. The monoisotopic (exact) mass is 294 g/mol. The Morgan fingerprint density at radius 1 is 1.52 bits per heavy atom. The molecule has 2 amide bonds. The molecule has 1 saturated heterocycles. The highest BCUT2D eigenvalue weighted by atomic mass is 16.5. The van der Waals surface area contributed by atoms with Crippen LogP contribution in [0.2, 0.25) is 0 Å². The van der Waals surface area contributed by atoms with Gasteiger partial charge in [-0.1, -0.05) is 0 Å². The van der Waals surface area contributed by atoms with Crippen molar-refractivity contribution in [2.45, 2.75) is 38.8 Å². The van der Waals surface area contributed by atoms with Gasteiger partial charge in [-0.2, -0.15) is 5.10 Å². The summed E-state index contributed by atoms with van der Waals surface area (Å²) >= 11 is 0. The number of amides is 2. The Hall–Kier alpha value is -1.89. The highest BCUT2D eigenvalue weighted by molar-refractivity contribution is 5.80. The molecule has 2 N–H and O–H groups in total. The SMILES string of the molecule is CC(C)n1ccc(CC(=O)N2CCOCC2CC(N)=O)n1. The molecule has 21 heavy (non-hydrogen) atoms. The van der Waals surface area contributed by atoms with E-state index in [-0.39, 0.29) is 30.8 Å². The van der Waals surface area contributed by atoms with E-state index in [1.807, 2.05) is 30.8 Å². The lowest BCUT2D eigenvalue weighted by Crippen LogP contribution is -2.50. The highest BCUT2D eigenvalue weighted by Crippen LogP contribution is 2.13. The van der Waals surface area contributed by atoms with Crippen LogP contribution in [0.3, 0.4) is 0 Å². The standard InChI is InChI=1S/C14H22N4O3/c1-10(2)18-4-3-11(16-18)7-14(20)17-5-6-21-9-12(17)8-13(15)19/h3-4,10,12H,5-9H2,1-2H3,(H2,15,19). The minimum Gasteiger partial charge on any atom is -0.377 e. The number of nitrogens with two attached hydrogens (primary N) is 1. The molecule has 0 aliphatic carbocycles. The summed E-state index contributed by atoms with van der Waals surface area (Å²) in [7, 11) is 0. The van der Waals surface area contributed by atoms with Gasteiger partial charge in [-0.15, -0.1) is 0 Å². The Labute approximate surface area is 124 Å². The average Bonchev–Trinajstić information content (AvgIpc) is 2.87. The fraction of sp³-hybridized carbons (Fsp3) is 0.643. The summed E-state index contributed by atoms with van der Waals surface area (Å²) in [6, 6.07) is 1.84. The van der Waals surface area contributed by atoms with Crippen molar-refractivity contribution < 1.29 is 14.3 Å². The third-order valence-electron chi connectivity index (χ3n) is 3.51. The van der Waals surface area contributed by atoms with Crippen molar-refractivity contribution in [3.63, 3.8) is 0 Å². The Morgan fingerprint density at radius 3 is 2.90 bits per heavy atom. The summed E-state index contributed by atoms with van der Waals surface area (Å²) in [5.41, 5.74) is 5.96. The Balaban J connectivity index is 2.01. The normalized spacial score (nSPS) is 19.0. The summed E-state index contributed by atoms with van der Waals surface area (Å²) in [6.07, 6.45) is 2.23. The number of morpholine rings is 1. The smallest absolute Gasteiger partial charge is 0.229 e. The van der Waals surface area contributed by atoms with E-state index in [1.54, 1.807) is 4.90 Å². The van der Waals surface area contributed by atoms with Crippen LogP contribution in [-0.2, 0) is 20.7 Å². The van der Waals surface area contributed by atoms with Gasteiger partial charge in [-0.3, -0.25) is 14.3 Å². The van der Waals surface area contributed by atoms with Gasteiger partial charge in [0.05, 0.1) is 31.4 Å². The second-order valence-electron chi connectivity index (χ2n) is 5.54. The van der Waals surface area contributed by atoms with Gasteiger partial charge in [0.25, 0.3) is 0 Å². The minimum atomic E-state index is -0.424. The van der Waals surface area contributed by atoms with Crippen molar-refractivity contribution in [3.8, 4) is 0 Å². The molecule has 0 radical (unpaired) electrons. The average molecular weight is 294 g/mol. The number of nitrogens with zero attached hydrogens (tertiary/aromatic N) is 3. The van der Waals surface area contributed by atoms with E-state index in [9.17, 15) is 9.59 Å². The molecule has 0 bridgehead atoms. The third-order valence-corrected chi connectivity index (χ3v) is 3.51. The zero-order valence-electron chi connectivity index (χ0n) is 12.5. The van der Waals surface area contributed by atoms with Crippen molar-refractivity contribution >= 4 is 11.8 Å². The van der Waals surface area contributed by atoms with Crippen molar-refractivity contribution in [3.05, 3.63) is 18.0 Å². The first-order valence-electron chi connectivity index (χ1n) is 7.17. The summed E-state index contributed by atoms with van der Waals surface area (Å²) in [5, 5.41) is 4.38. The van der Waals surface area contributed by atoms with E-state index in [1.165, 1.54) is 0 Å². The number of carbonyl (C=O) groups excluding carboxylic acids is 2. The van der Waals surface area contributed by atoms with Gasteiger partial charge >= 0.3 is 0 Å². The van der Waals surface area contributed by atoms with Crippen LogP contribution >= 0.6 is 0 Å². The van der Waals surface area contributed by atoms with Crippen LogP contribution in [0.5, 0.6) is 0 Å². The van der Waals surface area contributed by atoms with Crippen LogP contribution in [-0.4, -0.2) is 52.3 Å². The number of primary amides is 1. The first-order valence-corrected chi connectivity index (χ1v) is 7.17. The van der Waals surface area contributed by atoms with Gasteiger partial charge in [0.15, 0.2) is 0 Å². The van der Waals surface area contributed by atoms with Crippen molar-refractivity contribution in [2.24, 2.45) is 5.73 Å². The molecule has 1 fully saturated rings. The molecule has 116 valence electrons. The maximum absolute atomic E-state index is 12.4. The van der Waals surface area contributed by atoms with Crippen LogP contribution < -0.4 is 5.73 Å². The number of hydrogen-bond acceptors (Lipinski definition) is 4. The van der Waals surface area contributed by atoms with E-state index in [0.29, 0.717) is 19.8 Å². The van der Waals surface area contributed by atoms with Crippen molar-refractivity contribution in [1.82, 2.24) is 14.7 Å². The third kappa shape index (κ3) is 4.04. The zero-order chi connectivity index (χ0) is 15.4. The van der Waals surface area contributed by atoms with E-state index < -0.39 is 5.91 Å². The number of carbonyl (C=O) groups is 2. The molecule has 0 saturated carbocycles. The van der Waals surface area contributed by atoms with Crippen LogP contribution in [0.15, 0.2) is 12.3 Å². The molecule has 2 rings (SSSR count). The largest absolute Gasteiger partial charge is 0.377 e. The van der Waals surface area contributed by atoms with Crippen LogP contribution in [0, 0.1) is 0 Å². The first-order chi connectivity index (χ1) is 9.97. The zero-order valence-corrected chi connectivity index (χ0v) is 12.5. The Kier molecular flexibility index (Phi) is 4.95. The van der Waals surface area contributed by atoms with Gasteiger partial charge in [-0.05, 0) is 19.9 Å². The van der Waals surface area contributed by atoms with Gasteiger partial charge in [-0.25, -0.2) is 0 Å². The fourth-order valence-corrected chi connectivity index (χ4v) is 2.40. The maximum atomic E-state index is 12.4. The molecule has 1 aromatic rings. The second-order valence-corrected chi connectivity index (χ2v) is 5.54. The lowest BCUT2D eigenvalue weighted by molar-refractivity contribution is -0.140. The van der Waals surface area contributed by atoms with Gasteiger partial charge in [0, 0.05) is 25.2 Å². The van der Waals surface area contributed by atoms with E-state index in [0.717, 1.165) is 5.69 Å². The lowest BCUT2D eigenvalue weighted by Gasteiger charge is -2.35. The molecule has 1 aromatic heterocycles. The topological polar surface area (TPSA) is 90.5 Å². The molecule has 7 heteroatoms. The van der Waals surface area contributed by atoms with E-state index >= 15 is 0 Å². The van der Waals surface area contributed by atoms with Gasteiger partial charge in [0.2, 0.25) is 11.8 Å². The first kappa shape index (κ1) is 15.5. The molecular weight excluding hydrogens is 272 g/mol. The van der Waals surface area contributed by atoms with E-state index in [4.69, 9.17) is 10.5 Å². The lowest BCUT2D eigenvalue weighted by atomic mass is 10.1. The molecule has 1 aliphatic heterocycles. The van der Waals surface area contributed by atoms with Gasteiger partial charge in [0.1, 0.15) is 0 Å². The summed E-state index contributed by atoms with van der Waals surface area (Å²) in [4.78, 5) is 25.2. The fourth-order valence-electron chi connectivity index (χ4n) is 2.40. The summed E-state index contributed by atoms with van der Waals surface area (Å²) in [5.74, 6) is -0.467. The number of ether oxygens (including phenoxy) is 1. The molecule has 1 unspecified atom stereocenters. The van der Waals surface area contributed by atoms with E-state index in [2.05, 4.69) is 5.10 Å². The second kappa shape index (κ2) is 6.71. The summed E-state index contributed by atoms with van der Waals surface area (Å²) < 4.78 is 7.15. The Morgan fingerprint density at radius 2 is 2.29 bits per heavy atom. The van der Waals surface area contributed by atoms with Crippen LogP contribution in [0.1, 0.15) is 32.0 Å². The molecule has 0 aromatic carbocycles. The molecule has 2 heterocycles. The van der Waals surface area contributed by atoms with Crippen molar-refractivity contribution in [1.29, 1.82) is 0 Å². The van der Waals surface area contributed by atoms with Crippen LogP contribution in [0.4, 0.5) is 0 Å². The predicted molar refractivity (Wildman–Crippen MR) is 76.4 cm³/mol. The maximum Gasteiger partial charge on any atom is 0.229 e. The summed E-state index contributed by atoms with van der Waals surface area (Å²) in [6.45, 7) is 5.39.